The Labute approximate surface area is 120 Å². The van der Waals surface area contributed by atoms with Crippen LogP contribution in [0.25, 0.3) is 0 Å². The molecule has 1 unspecified atom stereocenters. The molecule has 0 aromatic heterocycles. The summed E-state index contributed by atoms with van der Waals surface area (Å²) < 4.78 is 18.9. The summed E-state index contributed by atoms with van der Waals surface area (Å²) in [5.74, 6) is 0.0533. The molecule has 0 saturated carbocycles. The Morgan fingerprint density at radius 1 is 1.15 bits per heavy atom. The molecule has 0 amide bonds. The van der Waals surface area contributed by atoms with Crippen molar-refractivity contribution in [2.75, 3.05) is 38.2 Å². The van der Waals surface area contributed by atoms with Gasteiger partial charge in [-0.1, -0.05) is 6.42 Å². The molecule has 2 fully saturated rings. The molecule has 2 saturated heterocycles. The van der Waals surface area contributed by atoms with Crippen LogP contribution in [0.3, 0.4) is 0 Å². The van der Waals surface area contributed by atoms with Gasteiger partial charge in [-0.05, 0) is 37.9 Å². The lowest BCUT2D eigenvalue weighted by molar-refractivity contribution is 0.162. The summed E-state index contributed by atoms with van der Waals surface area (Å²) in [6.45, 7) is 4.44. The van der Waals surface area contributed by atoms with Gasteiger partial charge in [-0.3, -0.25) is 4.90 Å². The summed E-state index contributed by atoms with van der Waals surface area (Å²) in [5, 5.41) is 0. The van der Waals surface area contributed by atoms with Crippen molar-refractivity contribution in [1.29, 1.82) is 0 Å². The Kier molecular flexibility index (Phi) is 4.10. The Hall–Kier alpha value is -1.29. The molecule has 0 radical (unpaired) electrons. The first-order valence-corrected chi connectivity index (χ1v) is 7.60. The van der Waals surface area contributed by atoms with Crippen molar-refractivity contribution in [3.63, 3.8) is 0 Å². The lowest BCUT2D eigenvalue weighted by atomic mass is 10.0. The van der Waals surface area contributed by atoms with Crippen molar-refractivity contribution in [2.24, 2.45) is 0 Å². The summed E-state index contributed by atoms with van der Waals surface area (Å²) in [4.78, 5) is 4.95. The summed E-state index contributed by atoms with van der Waals surface area (Å²) >= 11 is 0. The van der Waals surface area contributed by atoms with Gasteiger partial charge >= 0.3 is 0 Å². The highest BCUT2D eigenvalue weighted by Crippen LogP contribution is 2.27. The highest BCUT2D eigenvalue weighted by Gasteiger charge is 2.27. The standard InChI is InChI=1S/C16H23FN2O/c1-20-16-7-6-13(11-15(16)17)19-10-4-9-18-8-3-2-5-14(18)12-19/h6-7,11,14H,2-5,8-10,12H2,1H3. The Balaban J connectivity index is 1.77. The normalized spacial score (nSPS) is 24.1. The molecule has 0 spiro atoms. The second-order valence-corrected chi connectivity index (χ2v) is 5.80. The maximum atomic E-state index is 13.9. The van der Waals surface area contributed by atoms with E-state index in [0.717, 1.165) is 25.2 Å². The molecule has 20 heavy (non-hydrogen) atoms. The fourth-order valence-electron chi connectivity index (χ4n) is 3.46. The van der Waals surface area contributed by atoms with Crippen molar-refractivity contribution in [3.05, 3.63) is 24.0 Å². The molecule has 0 bridgehead atoms. The van der Waals surface area contributed by atoms with Gasteiger partial charge in [-0.25, -0.2) is 4.39 Å². The monoisotopic (exact) mass is 278 g/mol. The highest BCUT2D eigenvalue weighted by atomic mass is 19.1. The molecule has 4 heteroatoms. The second kappa shape index (κ2) is 6.00. The molecule has 3 rings (SSSR count). The fraction of sp³-hybridized carbons (Fsp3) is 0.625. The van der Waals surface area contributed by atoms with E-state index >= 15 is 0 Å². The highest BCUT2D eigenvalue weighted by molar-refractivity contribution is 5.50. The molecule has 1 aromatic rings. The van der Waals surface area contributed by atoms with Crippen LogP contribution in [-0.4, -0.2) is 44.2 Å². The number of hydrogen-bond donors (Lipinski definition) is 0. The molecule has 0 aliphatic carbocycles. The van der Waals surface area contributed by atoms with Gasteiger partial charge in [0.1, 0.15) is 0 Å². The molecule has 110 valence electrons. The third kappa shape index (κ3) is 2.75. The van der Waals surface area contributed by atoms with E-state index in [2.05, 4.69) is 9.80 Å². The van der Waals surface area contributed by atoms with Gasteiger partial charge < -0.3 is 9.64 Å². The van der Waals surface area contributed by atoms with Crippen molar-refractivity contribution in [3.8, 4) is 5.75 Å². The third-order valence-electron chi connectivity index (χ3n) is 4.55. The first-order valence-electron chi connectivity index (χ1n) is 7.60. The van der Waals surface area contributed by atoms with Crippen LogP contribution in [-0.2, 0) is 0 Å². The molecular weight excluding hydrogens is 255 g/mol. The van der Waals surface area contributed by atoms with E-state index in [4.69, 9.17) is 4.74 Å². The number of benzene rings is 1. The van der Waals surface area contributed by atoms with E-state index in [1.165, 1.54) is 39.5 Å². The molecule has 3 nitrogen and oxygen atoms in total. The van der Waals surface area contributed by atoms with Crippen LogP contribution in [0.2, 0.25) is 0 Å². The van der Waals surface area contributed by atoms with Gasteiger partial charge in [0, 0.05) is 37.4 Å². The van der Waals surface area contributed by atoms with Crippen LogP contribution in [0.5, 0.6) is 5.75 Å². The van der Waals surface area contributed by atoms with Crippen LogP contribution >= 0.6 is 0 Å². The minimum atomic E-state index is -0.269. The lowest BCUT2D eigenvalue weighted by Crippen LogP contribution is -2.44. The van der Waals surface area contributed by atoms with E-state index in [1.54, 1.807) is 12.1 Å². The Morgan fingerprint density at radius 2 is 2.00 bits per heavy atom. The summed E-state index contributed by atoms with van der Waals surface area (Å²) in [7, 11) is 1.50. The maximum absolute atomic E-state index is 13.9. The number of anilines is 1. The van der Waals surface area contributed by atoms with Crippen LogP contribution < -0.4 is 9.64 Å². The topological polar surface area (TPSA) is 15.7 Å². The Bertz CT molecular complexity index is 466. The Morgan fingerprint density at radius 3 is 2.80 bits per heavy atom. The van der Waals surface area contributed by atoms with Gasteiger partial charge in [0.25, 0.3) is 0 Å². The van der Waals surface area contributed by atoms with Crippen molar-refractivity contribution >= 4 is 5.69 Å². The third-order valence-corrected chi connectivity index (χ3v) is 4.55. The summed E-state index contributed by atoms with van der Waals surface area (Å²) in [6, 6.07) is 5.95. The van der Waals surface area contributed by atoms with E-state index < -0.39 is 0 Å². The van der Waals surface area contributed by atoms with E-state index in [-0.39, 0.29) is 5.82 Å². The van der Waals surface area contributed by atoms with E-state index in [1.807, 2.05) is 6.07 Å². The first kappa shape index (κ1) is 13.7. The zero-order chi connectivity index (χ0) is 13.9. The largest absolute Gasteiger partial charge is 0.494 e. The lowest BCUT2D eigenvalue weighted by Gasteiger charge is -2.35. The predicted octanol–water partition coefficient (Wildman–Crippen LogP) is 2.90. The average Bonchev–Trinajstić information content (AvgIpc) is 2.69. The second-order valence-electron chi connectivity index (χ2n) is 5.80. The predicted molar refractivity (Wildman–Crippen MR) is 79.0 cm³/mol. The van der Waals surface area contributed by atoms with Gasteiger partial charge in [-0.15, -0.1) is 0 Å². The molecule has 2 aliphatic rings. The number of fused-ring (bicyclic) bond motifs is 1. The number of halogens is 1. The van der Waals surface area contributed by atoms with Gasteiger partial charge in [-0.2, -0.15) is 0 Å². The fourth-order valence-corrected chi connectivity index (χ4v) is 3.46. The smallest absolute Gasteiger partial charge is 0.167 e. The molecule has 0 N–H and O–H groups in total. The van der Waals surface area contributed by atoms with Gasteiger partial charge in [0.05, 0.1) is 7.11 Å². The minimum absolute atomic E-state index is 0.269. The van der Waals surface area contributed by atoms with E-state index in [0.29, 0.717) is 11.8 Å². The quantitative estimate of drug-likeness (QED) is 0.827. The molecule has 2 heterocycles. The van der Waals surface area contributed by atoms with Crippen LogP contribution in [0.1, 0.15) is 25.7 Å². The molecule has 2 aliphatic heterocycles. The zero-order valence-corrected chi connectivity index (χ0v) is 12.1. The number of ether oxygens (including phenoxy) is 1. The SMILES string of the molecule is COc1ccc(N2CCCN3CCCCC3C2)cc1F. The van der Waals surface area contributed by atoms with Crippen molar-refractivity contribution in [2.45, 2.75) is 31.7 Å². The van der Waals surface area contributed by atoms with Gasteiger partial charge in [0.15, 0.2) is 11.6 Å². The molecular formula is C16H23FN2O. The summed E-state index contributed by atoms with van der Waals surface area (Å²) in [5.41, 5.74) is 0.982. The number of methoxy groups -OCH3 is 1. The average molecular weight is 278 g/mol. The zero-order valence-electron chi connectivity index (χ0n) is 12.1. The maximum Gasteiger partial charge on any atom is 0.167 e. The molecule has 1 atom stereocenters. The van der Waals surface area contributed by atoms with Crippen LogP contribution in [0.15, 0.2) is 18.2 Å². The van der Waals surface area contributed by atoms with Crippen LogP contribution in [0, 0.1) is 5.82 Å². The first-order chi connectivity index (χ1) is 9.78. The number of piperidine rings is 1. The van der Waals surface area contributed by atoms with Crippen LogP contribution in [0.4, 0.5) is 10.1 Å². The van der Waals surface area contributed by atoms with Gasteiger partial charge in [0.2, 0.25) is 0 Å². The van der Waals surface area contributed by atoms with E-state index in [9.17, 15) is 4.39 Å². The minimum Gasteiger partial charge on any atom is -0.494 e. The van der Waals surface area contributed by atoms with Crippen molar-refractivity contribution < 1.29 is 9.13 Å². The number of nitrogens with zero attached hydrogens (tertiary/aromatic N) is 2. The summed E-state index contributed by atoms with van der Waals surface area (Å²) in [6.07, 6.45) is 5.08. The van der Waals surface area contributed by atoms with Crippen molar-refractivity contribution in [1.82, 2.24) is 4.90 Å². The number of rotatable bonds is 2. The number of hydrogen-bond acceptors (Lipinski definition) is 3. The molecule has 1 aromatic carbocycles.